The summed E-state index contributed by atoms with van der Waals surface area (Å²) in [5, 5.41) is 3.29. The molecule has 0 aromatic heterocycles. The summed E-state index contributed by atoms with van der Waals surface area (Å²) in [5.41, 5.74) is 4.38. The van der Waals surface area contributed by atoms with E-state index in [2.05, 4.69) is 19.2 Å². The Bertz CT molecular complexity index is 1180. The van der Waals surface area contributed by atoms with Crippen molar-refractivity contribution in [3.8, 4) is 5.75 Å². The number of benzene rings is 3. The smallest absolute Gasteiger partial charge is 0.261 e. The minimum atomic E-state index is -0.643. The molecule has 0 aliphatic heterocycles. The lowest BCUT2D eigenvalue weighted by Crippen LogP contribution is -2.53. The Morgan fingerprint density at radius 3 is 2.18 bits per heavy atom. The maximum absolute atomic E-state index is 13.8. The van der Waals surface area contributed by atoms with E-state index >= 15 is 0 Å². The molecule has 0 saturated heterocycles. The lowest BCUT2D eigenvalue weighted by Gasteiger charge is -2.33. The van der Waals surface area contributed by atoms with Crippen molar-refractivity contribution < 1.29 is 14.3 Å². The van der Waals surface area contributed by atoms with Gasteiger partial charge in [-0.15, -0.1) is 0 Å². The molecule has 39 heavy (non-hydrogen) atoms. The zero-order valence-corrected chi connectivity index (χ0v) is 23.6. The summed E-state index contributed by atoms with van der Waals surface area (Å²) in [5.74, 6) is 0.775. The van der Waals surface area contributed by atoms with E-state index < -0.39 is 6.04 Å². The number of nitrogens with zero attached hydrogens (tertiary/aromatic N) is 1. The molecular formula is C34H42N2O3. The van der Waals surface area contributed by atoms with E-state index in [1.54, 1.807) is 4.90 Å². The SMILES string of the molecule is Cc1ccc(CN(C(=O)COc2ccc(C(C)C)cc2)[C@H](Cc2ccccc2)C(=O)NC2CCCCC2)cc1. The van der Waals surface area contributed by atoms with Crippen molar-refractivity contribution in [1.29, 1.82) is 0 Å². The van der Waals surface area contributed by atoms with Gasteiger partial charge in [0.25, 0.3) is 5.91 Å². The molecule has 5 nitrogen and oxygen atoms in total. The molecule has 0 spiro atoms. The first-order valence-corrected chi connectivity index (χ1v) is 14.3. The molecule has 1 fully saturated rings. The third-order valence-corrected chi connectivity index (χ3v) is 7.61. The summed E-state index contributed by atoms with van der Waals surface area (Å²) in [6.45, 7) is 6.54. The van der Waals surface area contributed by atoms with Gasteiger partial charge in [0.15, 0.2) is 6.61 Å². The van der Waals surface area contributed by atoms with Crippen LogP contribution in [0, 0.1) is 6.92 Å². The van der Waals surface area contributed by atoms with Gasteiger partial charge in [0.05, 0.1) is 0 Å². The van der Waals surface area contributed by atoms with E-state index in [0.29, 0.717) is 24.6 Å². The van der Waals surface area contributed by atoms with Crippen LogP contribution < -0.4 is 10.1 Å². The summed E-state index contributed by atoms with van der Waals surface area (Å²) in [6, 6.07) is 25.5. The molecule has 0 heterocycles. The lowest BCUT2D eigenvalue weighted by atomic mass is 9.94. The fourth-order valence-corrected chi connectivity index (χ4v) is 5.17. The molecule has 1 saturated carbocycles. The molecule has 0 radical (unpaired) electrons. The fourth-order valence-electron chi connectivity index (χ4n) is 5.17. The van der Waals surface area contributed by atoms with E-state index in [1.165, 1.54) is 12.0 Å². The van der Waals surface area contributed by atoms with Crippen LogP contribution in [0.3, 0.4) is 0 Å². The predicted molar refractivity (Wildman–Crippen MR) is 157 cm³/mol. The Hall–Kier alpha value is -3.60. The van der Waals surface area contributed by atoms with Gasteiger partial charge in [-0.1, -0.05) is 105 Å². The normalized spacial score (nSPS) is 14.6. The minimum absolute atomic E-state index is 0.0903. The molecule has 1 atom stereocenters. The standard InChI is InChI=1S/C34H42N2O3/c1-25(2)29-18-20-31(21-19-29)39-24-33(37)36(23-28-16-14-26(3)15-17-28)32(22-27-10-6-4-7-11-27)34(38)35-30-12-8-5-9-13-30/h4,6-7,10-11,14-21,25,30,32H,5,8-9,12-13,22-24H2,1-3H3,(H,35,38)/t32-/m1/s1. The van der Waals surface area contributed by atoms with Crippen molar-refractivity contribution in [2.24, 2.45) is 0 Å². The third kappa shape index (κ3) is 8.44. The number of hydrogen-bond donors (Lipinski definition) is 1. The quantitative estimate of drug-likeness (QED) is 0.307. The van der Waals surface area contributed by atoms with Gasteiger partial charge in [-0.2, -0.15) is 0 Å². The van der Waals surface area contributed by atoms with Crippen LogP contribution in [0.5, 0.6) is 5.75 Å². The highest BCUT2D eigenvalue weighted by Gasteiger charge is 2.32. The van der Waals surface area contributed by atoms with Crippen molar-refractivity contribution in [1.82, 2.24) is 10.2 Å². The monoisotopic (exact) mass is 526 g/mol. The van der Waals surface area contributed by atoms with Crippen LogP contribution in [0.25, 0.3) is 0 Å². The summed E-state index contributed by atoms with van der Waals surface area (Å²) in [4.78, 5) is 29.4. The van der Waals surface area contributed by atoms with Crippen molar-refractivity contribution in [3.63, 3.8) is 0 Å². The first-order chi connectivity index (χ1) is 18.9. The Balaban J connectivity index is 1.58. The second-order valence-electron chi connectivity index (χ2n) is 11.1. The number of hydrogen-bond acceptors (Lipinski definition) is 3. The molecule has 3 aromatic carbocycles. The topological polar surface area (TPSA) is 58.6 Å². The molecule has 206 valence electrons. The fraction of sp³-hybridized carbons (Fsp3) is 0.412. The van der Waals surface area contributed by atoms with Gasteiger partial charge in [-0.05, 0) is 54.5 Å². The molecular weight excluding hydrogens is 484 g/mol. The Labute approximate surface area is 233 Å². The molecule has 1 N–H and O–H groups in total. The van der Waals surface area contributed by atoms with Gasteiger partial charge in [0.2, 0.25) is 5.91 Å². The number of nitrogens with one attached hydrogen (secondary N) is 1. The number of ether oxygens (including phenoxy) is 1. The van der Waals surface area contributed by atoms with Gasteiger partial charge >= 0.3 is 0 Å². The molecule has 1 aliphatic rings. The largest absolute Gasteiger partial charge is 0.484 e. The Morgan fingerprint density at radius 2 is 1.54 bits per heavy atom. The highest BCUT2D eigenvalue weighted by atomic mass is 16.5. The van der Waals surface area contributed by atoms with E-state index in [9.17, 15) is 9.59 Å². The Kier molecular flexibility index (Phi) is 10.2. The number of amides is 2. The number of carbonyl (C=O) groups is 2. The number of rotatable bonds is 11. The molecule has 4 rings (SSSR count). The van der Waals surface area contributed by atoms with Gasteiger partial charge in [-0.3, -0.25) is 9.59 Å². The van der Waals surface area contributed by atoms with E-state index in [-0.39, 0.29) is 24.5 Å². The average Bonchev–Trinajstić information content (AvgIpc) is 2.96. The molecule has 0 unspecified atom stereocenters. The zero-order chi connectivity index (χ0) is 27.6. The van der Waals surface area contributed by atoms with Crippen molar-refractivity contribution >= 4 is 11.8 Å². The summed E-state index contributed by atoms with van der Waals surface area (Å²) >= 11 is 0. The highest BCUT2D eigenvalue weighted by molar-refractivity contribution is 5.88. The van der Waals surface area contributed by atoms with Crippen LogP contribution in [0.2, 0.25) is 0 Å². The van der Waals surface area contributed by atoms with E-state index in [1.807, 2.05) is 85.8 Å². The average molecular weight is 527 g/mol. The summed E-state index contributed by atoms with van der Waals surface area (Å²) in [6.07, 6.45) is 5.90. The Morgan fingerprint density at radius 1 is 0.872 bits per heavy atom. The van der Waals surface area contributed by atoms with Crippen molar-refractivity contribution in [3.05, 3.63) is 101 Å². The summed E-state index contributed by atoms with van der Waals surface area (Å²) in [7, 11) is 0. The van der Waals surface area contributed by atoms with E-state index in [0.717, 1.165) is 42.4 Å². The van der Waals surface area contributed by atoms with Crippen LogP contribution in [0.15, 0.2) is 78.9 Å². The van der Waals surface area contributed by atoms with Crippen LogP contribution in [0.1, 0.15) is 74.1 Å². The second-order valence-corrected chi connectivity index (χ2v) is 11.1. The molecule has 1 aliphatic carbocycles. The first-order valence-electron chi connectivity index (χ1n) is 14.3. The van der Waals surface area contributed by atoms with Gasteiger partial charge in [0, 0.05) is 19.0 Å². The molecule has 3 aromatic rings. The van der Waals surface area contributed by atoms with Gasteiger partial charge < -0.3 is 15.0 Å². The second kappa shape index (κ2) is 14.0. The number of aryl methyl sites for hydroxylation is 1. The van der Waals surface area contributed by atoms with E-state index in [4.69, 9.17) is 4.74 Å². The predicted octanol–water partition coefficient (Wildman–Crippen LogP) is 6.59. The summed E-state index contributed by atoms with van der Waals surface area (Å²) < 4.78 is 5.95. The van der Waals surface area contributed by atoms with Crippen molar-refractivity contribution in [2.75, 3.05) is 6.61 Å². The highest BCUT2D eigenvalue weighted by Crippen LogP contribution is 2.21. The molecule has 5 heteroatoms. The van der Waals surface area contributed by atoms with Crippen LogP contribution in [-0.4, -0.2) is 35.4 Å². The van der Waals surface area contributed by atoms with Gasteiger partial charge in [-0.25, -0.2) is 0 Å². The van der Waals surface area contributed by atoms with Gasteiger partial charge in [0.1, 0.15) is 11.8 Å². The maximum atomic E-state index is 13.8. The molecule has 2 amide bonds. The number of carbonyl (C=O) groups excluding carboxylic acids is 2. The van der Waals surface area contributed by atoms with Crippen LogP contribution in [-0.2, 0) is 22.6 Å². The third-order valence-electron chi connectivity index (χ3n) is 7.61. The lowest BCUT2D eigenvalue weighted by molar-refractivity contribution is -0.143. The maximum Gasteiger partial charge on any atom is 0.261 e. The van der Waals surface area contributed by atoms with Crippen molar-refractivity contribution in [2.45, 2.75) is 83.8 Å². The van der Waals surface area contributed by atoms with Crippen LogP contribution in [0.4, 0.5) is 0 Å². The minimum Gasteiger partial charge on any atom is -0.484 e. The molecule has 0 bridgehead atoms. The first kappa shape index (κ1) is 28.4. The van der Waals surface area contributed by atoms with Crippen LogP contribution >= 0.6 is 0 Å². The zero-order valence-electron chi connectivity index (χ0n) is 23.6.